The van der Waals surface area contributed by atoms with E-state index < -0.39 is 23.2 Å². The van der Waals surface area contributed by atoms with Gasteiger partial charge in [-0.1, -0.05) is 36.4 Å². The summed E-state index contributed by atoms with van der Waals surface area (Å²) in [6.45, 7) is 5.61. The Morgan fingerprint density at radius 3 is 2.54 bits per heavy atom. The van der Waals surface area contributed by atoms with Crippen LogP contribution in [0.3, 0.4) is 0 Å². The van der Waals surface area contributed by atoms with Gasteiger partial charge in [0.2, 0.25) is 11.8 Å². The molecule has 2 aliphatic rings. The summed E-state index contributed by atoms with van der Waals surface area (Å²) in [5, 5.41) is 8.52. The van der Waals surface area contributed by atoms with Gasteiger partial charge < -0.3 is 19.7 Å². The van der Waals surface area contributed by atoms with E-state index in [4.69, 9.17) is 9.47 Å². The van der Waals surface area contributed by atoms with Crippen molar-refractivity contribution in [1.82, 2.24) is 20.2 Å². The first-order valence-corrected chi connectivity index (χ1v) is 12.3. The van der Waals surface area contributed by atoms with E-state index in [9.17, 15) is 14.4 Å². The highest BCUT2D eigenvalue weighted by atomic mass is 16.6. The number of rotatable bonds is 7. The van der Waals surface area contributed by atoms with Crippen molar-refractivity contribution in [2.24, 2.45) is 10.5 Å². The number of alkyl carbamates (subject to hydrolysis) is 1. The number of likely N-dealkylation sites (tertiary alicyclic amines) is 1. The average Bonchev–Trinajstić information content (AvgIpc) is 3.10. The van der Waals surface area contributed by atoms with Crippen molar-refractivity contribution in [3.05, 3.63) is 60.3 Å². The number of pyridine rings is 1. The molecular formula is C27H33N5O5. The second-order valence-corrected chi connectivity index (χ2v) is 10.3. The van der Waals surface area contributed by atoms with Crippen molar-refractivity contribution < 1.29 is 23.9 Å². The maximum absolute atomic E-state index is 13.8. The van der Waals surface area contributed by atoms with Crippen LogP contribution in [0.1, 0.15) is 32.8 Å². The normalized spacial score (nSPS) is 20.1. The Morgan fingerprint density at radius 2 is 1.86 bits per heavy atom. The van der Waals surface area contributed by atoms with E-state index in [2.05, 4.69) is 15.4 Å². The van der Waals surface area contributed by atoms with Crippen LogP contribution in [0.2, 0.25) is 0 Å². The van der Waals surface area contributed by atoms with Gasteiger partial charge in [0, 0.05) is 38.8 Å². The predicted molar refractivity (Wildman–Crippen MR) is 137 cm³/mol. The predicted octanol–water partition coefficient (Wildman–Crippen LogP) is 2.64. The van der Waals surface area contributed by atoms with Crippen molar-refractivity contribution >= 4 is 23.6 Å². The number of ether oxygens (including phenoxy) is 2. The van der Waals surface area contributed by atoms with E-state index in [1.807, 2.05) is 30.3 Å². The highest BCUT2D eigenvalue weighted by molar-refractivity contribution is 6.13. The number of aromatic nitrogens is 1. The van der Waals surface area contributed by atoms with E-state index >= 15 is 0 Å². The summed E-state index contributed by atoms with van der Waals surface area (Å²) in [6.07, 6.45) is 1.72. The maximum atomic E-state index is 13.8. The van der Waals surface area contributed by atoms with Gasteiger partial charge in [-0.3, -0.25) is 9.59 Å². The van der Waals surface area contributed by atoms with Gasteiger partial charge in [-0.25, -0.2) is 14.8 Å². The van der Waals surface area contributed by atoms with E-state index in [-0.39, 0.29) is 25.0 Å². The Bertz CT molecular complexity index is 1160. The van der Waals surface area contributed by atoms with Crippen LogP contribution in [0.15, 0.2) is 59.8 Å². The molecule has 4 rings (SSSR count). The van der Waals surface area contributed by atoms with E-state index in [1.165, 1.54) is 5.01 Å². The lowest BCUT2D eigenvalue weighted by Crippen LogP contribution is -2.60. The summed E-state index contributed by atoms with van der Waals surface area (Å²) in [5.41, 5.74) is 0.0585. The lowest BCUT2D eigenvalue weighted by molar-refractivity contribution is -0.141. The molecule has 0 aliphatic carbocycles. The molecule has 10 nitrogen and oxygen atoms in total. The Hall–Kier alpha value is -3.95. The number of hydrazone groups is 1. The molecule has 1 fully saturated rings. The first-order valence-electron chi connectivity index (χ1n) is 12.3. The highest BCUT2D eigenvalue weighted by Gasteiger charge is 2.54. The number of hydrogen-bond donors (Lipinski definition) is 1. The van der Waals surface area contributed by atoms with Gasteiger partial charge in [-0.05, 0) is 38.8 Å². The molecule has 3 heterocycles. The summed E-state index contributed by atoms with van der Waals surface area (Å²) in [6, 6.07) is 13.8. The molecule has 0 bridgehead atoms. The largest absolute Gasteiger partial charge is 0.475 e. The molecule has 2 aromatic rings. The molecule has 10 heteroatoms. The molecule has 1 N–H and O–H groups in total. The maximum Gasteiger partial charge on any atom is 0.408 e. The second-order valence-electron chi connectivity index (χ2n) is 10.3. The van der Waals surface area contributed by atoms with Crippen molar-refractivity contribution in [3.8, 4) is 5.88 Å². The molecule has 37 heavy (non-hydrogen) atoms. The zero-order valence-corrected chi connectivity index (χ0v) is 21.6. The second kappa shape index (κ2) is 10.6. The standard InChI is InChI=1S/C27H33N5O5/c1-26(2,3)37-25(35)29-20(17-36-22-12-8-9-14-28-22)23(33)32-15-13-21-27(18-32,24(34)31(4)30-21)16-19-10-6-5-7-11-19/h5-12,14,20H,13,15-18H2,1-4H3,(H,29,35)/t20-,27-/m1/s1. The van der Waals surface area contributed by atoms with Crippen molar-refractivity contribution in [3.63, 3.8) is 0 Å². The van der Waals surface area contributed by atoms with Crippen LogP contribution in [0, 0.1) is 5.41 Å². The minimum absolute atomic E-state index is 0.147. The summed E-state index contributed by atoms with van der Waals surface area (Å²) in [4.78, 5) is 45.5. The number of fused-ring (bicyclic) bond motifs is 1. The topological polar surface area (TPSA) is 113 Å². The van der Waals surface area contributed by atoms with Gasteiger partial charge in [0.1, 0.15) is 23.7 Å². The molecule has 2 atom stereocenters. The van der Waals surface area contributed by atoms with Crippen molar-refractivity contribution in [1.29, 1.82) is 0 Å². The van der Waals surface area contributed by atoms with Gasteiger partial charge >= 0.3 is 6.09 Å². The molecule has 1 aromatic heterocycles. The number of nitrogens with zero attached hydrogens (tertiary/aromatic N) is 4. The number of carbonyl (C=O) groups excluding carboxylic acids is 3. The molecular weight excluding hydrogens is 474 g/mol. The van der Waals surface area contributed by atoms with Gasteiger partial charge in [-0.15, -0.1) is 0 Å². The zero-order valence-electron chi connectivity index (χ0n) is 21.6. The van der Waals surface area contributed by atoms with E-state index in [1.54, 1.807) is 57.1 Å². The third-order valence-corrected chi connectivity index (χ3v) is 6.29. The average molecular weight is 508 g/mol. The van der Waals surface area contributed by atoms with Crippen molar-refractivity contribution in [2.45, 2.75) is 45.3 Å². The van der Waals surface area contributed by atoms with Crippen LogP contribution in [-0.4, -0.2) is 76.9 Å². The summed E-state index contributed by atoms with van der Waals surface area (Å²) >= 11 is 0. The first-order chi connectivity index (χ1) is 17.6. The minimum Gasteiger partial charge on any atom is -0.475 e. The van der Waals surface area contributed by atoms with Crippen LogP contribution in [-0.2, 0) is 20.7 Å². The van der Waals surface area contributed by atoms with Gasteiger partial charge in [0.05, 0.1) is 5.71 Å². The summed E-state index contributed by atoms with van der Waals surface area (Å²) < 4.78 is 11.1. The molecule has 0 spiro atoms. The molecule has 3 amide bonds. The van der Waals surface area contributed by atoms with Gasteiger partial charge in [-0.2, -0.15) is 5.10 Å². The van der Waals surface area contributed by atoms with Crippen LogP contribution in [0.4, 0.5) is 4.79 Å². The molecule has 196 valence electrons. The van der Waals surface area contributed by atoms with Gasteiger partial charge in [0.15, 0.2) is 0 Å². The van der Waals surface area contributed by atoms with E-state index in [0.29, 0.717) is 25.3 Å². The Labute approximate surface area is 216 Å². The molecule has 0 unspecified atom stereocenters. The van der Waals surface area contributed by atoms with Gasteiger partial charge in [0.25, 0.3) is 5.91 Å². The first kappa shape index (κ1) is 26.1. The third kappa shape index (κ3) is 6.07. The Morgan fingerprint density at radius 1 is 1.14 bits per heavy atom. The number of carbonyl (C=O) groups is 3. The summed E-state index contributed by atoms with van der Waals surface area (Å²) in [5.74, 6) is -0.187. The fourth-order valence-electron chi connectivity index (χ4n) is 4.66. The number of benzene rings is 1. The van der Waals surface area contributed by atoms with Crippen LogP contribution in [0.5, 0.6) is 5.88 Å². The summed E-state index contributed by atoms with van der Waals surface area (Å²) in [7, 11) is 1.64. The molecule has 1 saturated heterocycles. The van der Waals surface area contributed by atoms with Crippen LogP contribution in [0.25, 0.3) is 0 Å². The highest BCUT2D eigenvalue weighted by Crippen LogP contribution is 2.38. The fraction of sp³-hybridized carbons (Fsp3) is 0.444. The zero-order chi connectivity index (χ0) is 26.6. The Balaban J connectivity index is 1.56. The molecule has 0 saturated carbocycles. The number of nitrogens with one attached hydrogen (secondary N) is 1. The molecule has 0 radical (unpaired) electrons. The lowest BCUT2D eigenvalue weighted by atomic mass is 9.73. The smallest absolute Gasteiger partial charge is 0.408 e. The van der Waals surface area contributed by atoms with Crippen LogP contribution < -0.4 is 10.1 Å². The molecule has 1 aromatic carbocycles. The molecule has 2 aliphatic heterocycles. The fourth-order valence-corrected chi connectivity index (χ4v) is 4.66. The van der Waals surface area contributed by atoms with Crippen LogP contribution >= 0.6 is 0 Å². The SMILES string of the molecule is CN1N=C2CCN(C(=O)[C@@H](COc3ccccn3)NC(=O)OC(C)(C)C)C[C@@]2(Cc2ccccc2)C1=O. The quantitative estimate of drug-likeness (QED) is 0.617. The van der Waals surface area contributed by atoms with Crippen molar-refractivity contribution in [2.75, 3.05) is 26.7 Å². The third-order valence-electron chi connectivity index (χ3n) is 6.29. The number of amides is 3. The lowest BCUT2D eigenvalue weighted by Gasteiger charge is -2.40. The number of piperidine rings is 1. The Kier molecular flexibility index (Phi) is 7.47. The number of hydrogen-bond acceptors (Lipinski definition) is 7. The monoisotopic (exact) mass is 507 g/mol. The minimum atomic E-state index is -1.04. The van der Waals surface area contributed by atoms with E-state index in [0.717, 1.165) is 11.3 Å².